The minimum absolute atomic E-state index is 0.00231. The van der Waals surface area contributed by atoms with Gasteiger partial charge in [0.2, 0.25) is 0 Å². The lowest BCUT2D eigenvalue weighted by Crippen LogP contribution is -2.24. The van der Waals surface area contributed by atoms with Gasteiger partial charge in [-0.15, -0.1) is 0 Å². The molecule has 23 heavy (non-hydrogen) atoms. The quantitative estimate of drug-likeness (QED) is 0.680. The number of hydrogen-bond acceptors (Lipinski definition) is 5. The number of carbonyl (C=O) groups excluding carboxylic acids is 2. The van der Waals surface area contributed by atoms with E-state index in [0.717, 1.165) is 0 Å². The molecule has 1 aliphatic rings. The van der Waals surface area contributed by atoms with Gasteiger partial charge >= 0.3 is 5.97 Å². The van der Waals surface area contributed by atoms with E-state index in [9.17, 15) is 14.7 Å². The van der Waals surface area contributed by atoms with Gasteiger partial charge in [0.1, 0.15) is 0 Å². The molecule has 0 aliphatic carbocycles. The zero-order chi connectivity index (χ0) is 17.1. The van der Waals surface area contributed by atoms with Crippen molar-refractivity contribution in [2.24, 2.45) is 0 Å². The predicted octanol–water partition coefficient (Wildman–Crippen LogP) is 2.09. The van der Waals surface area contributed by atoms with Gasteiger partial charge in [-0.2, -0.15) is 0 Å². The van der Waals surface area contributed by atoms with Crippen LogP contribution in [0.25, 0.3) is 6.08 Å². The summed E-state index contributed by atoms with van der Waals surface area (Å²) in [6, 6.07) is 4.70. The Bertz CT molecular complexity index is 718. The van der Waals surface area contributed by atoms with Gasteiger partial charge in [-0.3, -0.25) is 4.79 Å². The highest BCUT2D eigenvalue weighted by Gasteiger charge is 2.36. The second kappa shape index (κ2) is 6.56. The first-order valence-electron chi connectivity index (χ1n) is 7.14. The molecule has 0 unspecified atom stereocenters. The number of allylic oxidation sites excluding steroid dienone is 1. The van der Waals surface area contributed by atoms with E-state index in [1.807, 2.05) is 6.92 Å². The number of phenolic OH excluding ortho intramolecular Hbond substituents is 1. The molecule has 0 spiro atoms. The van der Waals surface area contributed by atoms with Crippen molar-refractivity contribution in [2.75, 3.05) is 20.8 Å². The second-order valence-corrected chi connectivity index (χ2v) is 4.99. The van der Waals surface area contributed by atoms with Crippen molar-refractivity contribution in [1.82, 2.24) is 4.90 Å². The number of benzene rings is 1. The van der Waals surface area contributed by atoms with E-state index in [2.05, 4.69) is 0 Å². The number of esters is 1. The van der Waals surface area contributed by atoms with Gasteiger partial charge < -0.3 is 19.5 Å². The maximum absolute atomic E-state index is 12.5. The Hall–Kier alpha value is -2.76. The normalized spacial score (nSPS) is 16.3. The molecule has 1 N–H and O–H groups in total. The molecule has 0 fully saturated rings. The summed E-state index contributed by atoms with van der Waals surface area (Å²) in [4.78, 5) is 26.1. The molecule has 2 rings (SSSR count). The van der Waals surface area contributed by atoms with Crippen LogP contribution in [0.2, 0.25) is 0 Å². The average Bonchev–Trinajstić information content (AvgIpc) is 2.78. The van der Waals surface area contributed by atoms with Crippen LogP contribution in [0.1, 0.15) is 19.4 Å². The molecule has 1 amide bonds. The molecule has 0 radical (unpaired) electrons. The molecular weight excluding hydrogens is 298 g/mol. The predicted molar refractivity (Wildman–Crippen MR) is 84.7 cm³/mol. The second-order valence-electron chi connectivity index (χ2n) is 4.99. The molecule has 1 aromatic rings. The van der Waals surface area contributed by atoms with Crippen molar-refractivity contribution in [3.63, 3.8) is 0 Å². The standard InChI is InChI=1S/C17H19NO5/c1-5-18-10(2)15(17(21)23-4)12(16(18)20)8-11-6-7-13(19)14(9-11)22-3/h6-9,19H,5H2,1-4H3. The summed E-state index contributed by atoms with van der Waals surface area (Å²) in [6.07, 6.45) is 1.59. The zero-order valence-electron chi connectivity index (χ0n) is 13.5. The van der Waals surface area contributed by atoms with E-state index in [1.54, 1.807) is 25.1 Å². The number of phenols is 1. The number of amides is 1. The molecule has 0 saturated carbocycles. The van der Waals surface area contributed by atoms with Crippen molar-refractivity contribution in [1.29, 1.82) is 0 Å². The molecule has 0 aromatic heterocycles. The molecule has 6 heteroatoms. The molecule has 6 nitrogen and oxygen atoms in total. The van der Waals surface area contributed by atoms with Crippen LogP contribution in [0.4, 0.5) is 0 Å². The first-order chi connectivity index (χ1) is 10.9. The van der Waals surface area contributed by atoms with Gasteiger partial charge in [-0.05, 0) is 37.6 Å². The smallest absolute Gasteiger partial charge is 0.340 e. The van der Waals surface area contributed by atoms with Crippen molar-refractivity contribution < 1.29 is 24.2 Å². The van der Waals surface area contributed by atoms with Crippen molar-refractivity contribution in [3.05, 3.63) is 40.6 Å². The zero-order valence-corrected chi connectivity index (χ0v) is 13.5. The topological polar surface area (TPSA) is 76.1 Å². The van der Waals surface area contributed by atoms with Crippen LogP contribution in [-0.4, -0.2) is 42.6 Å². The summed E-state index contributed by atoms with van der Waals surface area (Å²) in [5, 5.41) is 9.64. The number of carbonyl (C=O) groups is 2. The van der Waals surface area contributed by atoms with Gasteiger partial charge in [0, 0.05) is 12.2 Å². The Morgan fingerprint density at radius 1 is 1.35 bits per heavy atom. The number of rotatable bonds is 4. The van der Waals surface area contributed by atoms with Gasteiger partial charge in [0.05, 0.1) is 25.4 Å². The van der Waals surface area contributed by atoms with Crippen LogP contribution >= 0.6 is 0 Å². The molecule has 1 aromatic carbocycles. The maximum atomic E-state index is 12.5. The lowest BCUT2D eigenvalue weighted by atomic mass is 10.0. The Kier molecular flexibility index (Phi) is 4.74. The number of ether oxygens (including phenoxy) is 2. The van der Waals surface area contributed by atoms with Gasteiger partial charge in [0.25, 0.3) is 5.91 Å². The van der Waals surface area contributed by atoms with E-state index in [0.29, 0.717) is 17.8 Å². The Balaban J connectivity index is 2.55. The van der Waals surface area contributed by atoms with Crippen molar-refractivity contribution >= 4 is 18.0 Å². The highest BCUT2D eigenvalue weighted by Crippen LogP contribution is 2.33. The number of likely N-dealkylation sites (N-methyl/N-ethyl adjacent to an activating group) is 1. The summed E-state index contributed by atoms with van der Waals surface area (Å²) in [5.74, 6) is -0.513. The third kappa shape index (κ3) is 2.92. The number of nitrogens with zero attached hydrogens (tertiary/aromatic N) is 1. The molecule has 1 heterocycles. The van der Waals surface area contributed by atoms with E-state index in [-0.39, 0.29) is 28.6 Å². The first kappa shape index (κ1) is 16.6. The molecule has 0 atom stereocenters. The van der Waals surface area contributed by atoms with Crippen molar-refractivity contribution in [2.45, 2.75) is 13.8 Å². The van der Waals surface area contributed by atoms with Crippen LogP contribution in [0.5, 0.6) is 11.5 Å². The van der Waals surface area contributed by atoms with Crippen molar-refractivity contribution in [3.8, 4) is 11.5 Å². The van der Waals surface area contributed by atoms with Crippen LogP contribution in [0.15, 0.2) is 35.0 Å². The van der Waals surface area contributed by atoms with E-state index in [1.165, 1.54) is 25.2 Å². The SMILES string of the molecule is CCN1C(=O)C(=Cc2ccc(O)c(OC)c2)C(C(=O)OC)=C1C. The van der Waals surface area contributed by atoms with Crippen LogP contribution in [-0.2, 0) is 14.3 Å². The minimum atomic E-state index is -0.552. The highest BCUT2D eigenvalue weighted by atomic mass is 16.5. The fourth-order valence-corrected chi connectivity index (χ4v) is 2.56. The monoisotopic (exact) mass is 317 g/mol. The van der Waals surface area contributed by atoms with E-state index < -0.39 is 5.97 Å². The summed E-state index contributed by atoms with van der Waals surface area (Å²) >= 11 is 0. The highest BCUT2D eigenvalue weighted by molar-refractivity contribution is 6.16. The molecule has 0 saturated heterocycles. The van der Waals surface area contributed by atoms with E-state index >= 15 is 0 Å². The summed E-state index contributed by atoms with van der Waals surface area (Å²) < 4.78 is 9.85. The molecule has 0 bridgehead atoms. The van der Waals surface area contributed by atoms with E-state index in [4.69, 9.17) is 9.47 Å². The van der Waals surface area contributed by atoms with Gasteiger partial charge in [-0.1, -0.05) is 6.07 Å². The Morgan fingerprint density at radius 2 is 2.04 bits per heavy atom. The molecule has 1 aliphatic heterocycles. The fourth-order valence-electron chi connectivity index (χ4n) is 2.56. The Morgan fingerprint density at radius 3 is 2.61 bits per heavy atom. The number of methoxy groups -OCH3 is 2. The largest absolute Gasteiger partial charge is 0.504 e. The molecular formula is C17H19NO5. The first-order valence-corrected chi connectivity index (χ1v) is 7.14. The summed E-state index contributed by atoms with van der Waals surface area (Å²) in [5.41, 5.74) is 1.73. The lowest BCUT2D eigenvalue weighted by molar-refractivity contribution is -0.136. The van der Waals surface area contributed by atoms with Crippen LogP contribution in [0, 0.1) is 0 Å². The average molecular weight is 317 g/mol. The third-order valence-corrected chi connectivity index (χ3v) is 3.73. The third-order valence-electron chi connectivity index (χ3n) is 3.73. The summed E-state index contributed by atoms with van der Waals surface area (Å²) in [6.45, 7) is 4.01. The minimum Gasteiger partial charge on any atom is -0.504 e. The fraction of sp³-hybridized carbons (Fsp3) is 0.294. The maximum Gasteiger partial charge on any atom is 0.340 e. The Labute approximate surface area is 134 Å². The summed E-state index contributed by atoms with van der Waals surface area (Å²) in [7, 11) is 2.72. The van der Waals surface area contributed by atoms with Crippen LogP contribution < -0.4 is 4.74 Å². The van der Waals surface area contributed by atoms with Gasteiger partial charge in [0.15, 0.2) is 11.5 Å². The molecule has 122 valence electrons. The number of hydrogen-bond donors (Lipinski definition) is 1. The van der Waals surface area contributed by atoms with Gasteiger partial charge in [-0.25, -0.2) is 4.79 Å². The van der Waals surface area contributed by atoms with Crippen LogP contribution in [0.3, 0.4) is 0 Å². The lowest BCUT2D eigenvalue weighted by Gasteiger charge is -2.14. The number of aromatic hydroxyl groups is 1.